The molecular weight excluding hydrogens is 244 g/mol. The number of nitrogens with zero attached hydrogens (tertiary/aromatic N) is 2. The van der Waals surface area contributed by atoms with Crippen molar-refractivity contribution in [1.82, 2.24) is 10.2 Å². The summed E-state index contributed by atoms with van der Waals surface area (Å²) in [5, 5.41) is 10.1. The minimum Gasteiger partial charge on any atom is -0.150 e. The first-order chi connectivity index (χ1) is 8.75. The average molecular weight is 255 g/mol. The highest BCUT2D eigenvalue weighted by Crippen LogP contribution is 2.31. The summed E-state index contributed by atoms with van der Waals surface area (Å²) in [6, 6.07) is 15.9. The molecule has 3 heteroatoms. The van der Waals surface area contributed by atoms with E-state index in [0.717, 1.165) is 27.7 Å². The Bertz CT molecular complexity index is 708. The first-order valence-electron chi connectivity index (χ1n) is 5.73. The molecule has 1 heterocycles. The molecule has 0 amide bonds. The summed E-state index contributed by atoms with van der Waals surface area (Å²) in [5.74, 6) is 0. The molecule has 0 N–H and O–H groups in total. The monoisotopic (exact) mass is 254 g/mol. The van der Waals surface area contributed by atoms with Crippen molar-refractivity contribution in [2.75, 3.05) is 0 Å². The minimum atomic E-state index is 0.659. The van der Waals surface area contributed by atoms with Crippen LogP contribution in [0, 0.1) is 6.92 Å². The fourth-order valence-electron chi connectivity index (χ4n) is 1.97. The van der Waals surface area contributed by atoms with E-state index in [-0.39, 0.29) is 0 Å². The lowest BCUT2D eigenvalue weighted by atomic mass is 10.1. The predicted octanol–water partition coefficient (Wildman–Crippen LogP) is 4.26. The number of fused-ring (bicyclic) bond motifs is 1. The van der Waals surface area contributed by atoms with Crippen LogP contribution < -0.4 is 0 Å². The van der Waals surface area contributed by atoms with Crippen molar-refractivity contribution >= 4 is 22.5 Å². The van der Waals surface area contributed by atoms with Crippen molar-refractivity contribution in [3.63, 3.8) is 0 Å². The van der Waals surface area contributed by atoms with E-state index in [2.05, 4.69) is 10.2 Å². The lowest BCUT2D eigenvalue weighted by molar-refractivity contribution is 1.08. The molecule has 3 rings (SSSR count). The van der Waals surface area contributed by atoms with Gasteiger partial charge < -0.3 is 0 Å². The molecule has 88 valence electrons. The molecule has 0 unspecified atom stereocenters. The summed E-state index contributed by atoms with van der Waals surface area (Å²) in [4.78, 5) is 0. The molecule has 3 aromatic rings. The Morgan fingerprint density at radius 1 is 0.944 bits per heavy atom. The van der Waals surface area contributed by atoms with Gasteiger partial charge in [0.2, 0.25) is 0 Å². The quantitative estimate of drug-likeness (QED) is 0.648. The summed E-state index contributed by atoms with van der Waals surface area (Å²) in [6.07, 6.45) is 0. The number of halogens is 1. The topological polar surface area (TPSA) is 25.8 Å². The Morgan fingerprint density at radius 2 is 1.72 bits per heavy atom. The third-order valence-corrected chi connectivity index (χ3v) is 3.29. The summed E-state index contributed by atoms with van der Waals surface area (Å²) in [6.45, 7) is 2.03. The van der Waals surface area contributed by atoms with Crippen molar-refractivity contribution in [2.24, 2.45) is 0 Å². The third kappa shape index (κ3) is 1.85. The standard InChI is InChI=1S/C15H11ClN2/c1-10-7-8-12-13(9-10)17-18-15(14(12)16)11-5-3-2-4-6-11/h2-9H,1H3. The van der Waals surface area contributed by atoms with Gasteiger partial charge in [0.25, 0.3) is 0 Å². The van der Waals surface area contributed by atoms with Crippen molar-refractivity contribution < 1.29 is 0 Å². The van der Waals surface area contributed by atoms with Gasteiger partial charge in [-0.15, -0.1) is 10.2 Å². The zero-order chi connectivity index (χ0) is 12.5. The zero-order valence-corrected chi connectivity index (χ0v) is 10.6. The van der Waals surface area contributed by atoms with Crippen LogP contribution in [0.25, 0.3) is 22.2 Å². The van der Waals surface area contributed by atoms with Crippen LogP contribution in [0.15, 0.2) is 48.5 Å². The molecule has 0 atom stereocenters. The van der Waals surface area contributed by atoms with Crippen LogP contribution in [0.5, 0.6) is 0 Å². The Labute approximate surface area is 110 Å². The Kier molecular flexibility index (Phi) is 2.73. The van der Waals surface area contributed by atoms with Crippen LogP contribution in [0.1, 0.15) is 5.56 Å². The first-order valence-corrected chi connectivity index (χ1v) is 6.11. The largest absolute Gasteiger partial charge is 0.150 e. The number of aromatic nitrogens is 2. The maximum absolute atomic E-state index is 6.43. The molecule has 2 nitrogen and oxygen atoms in total. The fraction of sp³-hybridized carbons (Fsp3) is 0.0667. The van der Waals surface area contributed by atoms with E-state index >= 15 is 0 Å². The number of hydrogen-bond acceptors (Lipinski definition) is 2. The van der Waals surface area contributed by atoms with Crippen LogP contribution in [0.4, 0.5) is 0 Å². The van der Waals surface area contributed by atoms with Gasteiger partial charge in [0.05, 0.1) is 10.5 Å². The maximum Gasteiger partial charge on any atom is 0.112 e. The molecule has 0 saturated carbocycles. The number of benzene rings is 2. The Hall–Kier alpha value is -1.93. The predicted molar refractivity (Wildman–Crippen MR) is 74.7 cm³/mol. The van der Waals surface area contributed by atoms with E-state index in [1.807, 2.05) is 55.5 Å². The first kappa shape index (κ1) is 11.2. The lowest BCUT2D eigenvalue weighted by Gasteiger charge is -2.06. The normalized spacial score (nSPS) is 10.8. The smallest absolute Gasteiger partial charge is 0.112 e. The van der Waals surface area contributed by atoms with Crippen LogP contribution >= 0.6 is 11.6 Å². The van der Waals surface area contributed by atoms with Crippen molar-refractivity contribution in [3.8, 4) is 11.3 Å². The highest BCUT2D eigenvalue weighted by Gasteiger charge is 2.10. The van der Waals surface area contributed by atoms with Crippen molar-refractivity contribution in [2.45, 2.75) is 6.92 Å². The summed E-state index contributed by atoms with van der Waals surface area (Å²) < 4.78 is 0. The molecule has 1 aromatic heterocycles. The zero-order valence-electron chi connectivity index (χ0n) is 9.89. The Balaban J connectivity index is 2.27. The molecule has 0 fully saturated rings. The molecule has 0 aliphatic carbocycles. The van der Waals surface area contributed by atoms with Crippen LogP contribution in [-0.2, 0) is 0 Å². The van der Waals surface area contributed by atoms with Gasteiger partial charge >= 0.3 is 0 Å². The van der Waals surface area contributed by atoms with E-state index in [9.17, 15) is 0 Å². The van der Waals surface area contributed by atoms with Gasteiger partial charge in [0.1, 0.15) is 5.69 Å². The van der Waals surface area contributed by atoms with Gasteiger partial charge in [-0.1, -0.05) is 54.1 Å². The van der Waals surface area contributed by atoms with Crippen molar-refractivity contribution in [1.29, 1.82) is 0 Å². The van der Waals surface area contributed by atoms with Gasteiger partial charge in [0.15, 0.2) is 0 Å². The van der Waals surface area contributed by atoms with E-state index in [1.165, 1.54) is 0 Å². The molecule has 0 spiro atoms. The van der Waals surface area contributed by atoms with Gasteiger partial charge in [-0.2, -0.15) is 0 Å². The fourth-order valence-corrected chi connectivity index (χ4v) is 2.27. The maximum atomic E-state index is 6.43. The second-order valence-electron chi connectivity index (χ2n) is 4.25. The van der Waals surface area contributed by atoms with Crippen LogP contribution in [0.2, 0.25) is 5.02 Å². The second-order valence-corrected chi connectivity index (χ2v) is 4.63. The summed E-state index contributed by atoms with van der Waals surface area (Å²) in [7, 11) is 0. The SMILES string of the molecule is Cc1ccc2c(Cl)c(-c3ccccc3)nnc2c1. The van der Waals surface area contributed by atoms with E-state index in [4.69, 9.17) is 11.6 Å². The Morgan fingerprint density at radius 3 is 2.50 bits per heavy atom. The number of aryl methyl sites for hydroxylation is 1. The number of hydrogen-bond donors (Lipinski definition) is 0. The molecule has 0 aliphatic heterocycles. The third-order valence-electron chi connectivity index (χ3n) is 2.90. The second kappa shape index (κ2) is 4.39. The van der Waals surface area contributed by atoms with Crippen LogP contribution in [0.3, 0.4) is 0 Å². The van der Waals surface area contributed by atoms with E-state index in [1.54, 1.807) is 0 Å². The van der Waals surface area contributed by atoms with Gasteiger partial charge in [-0.25, -0.2) is 0 Å². The molecule has 0 aliphatic rings. The summed E-state index contributed by atoms with van der Waals surface area (Å²) in [5.41, 5.74) is 3.70. The molecule has 0 saturated heterocycles. The lowest BCUT2D eigenvalue weighted by Crippen LogP contribution is -1.91. The highest BCUT2D eigenvalue weighted by molar-refractivity contribution is 6.37. The minimum absolute atomic E-state index is 0.659. The molecule has 0 radical (unpaired) electrons. The van der Waals surface area contributed by atoms with Gasteiger partial charge in [-0.05, 0) is 18.6 Å². The number of rotatable bonds is 1. The van der Waals surface area contributed by atoms with E-state index < -0.39 is 0 Å². The van der Waals surface area contributed by atoms with Gasteiger partial charge in [0, 0.05) is 10.9 Å². The van der Waals surface area contributed by atoms with Gasteiger partial charge in [-0.3, -0.25) is 0 Å². The highest BCUT2D eigenvalue weighted by atomic mass is 35.5. The van der Waals surface area contributed by atoms with E-state index in [0.29, 0.717) is 5.02 Å². The van der Waals surface area contributed by atoms with Crippen molar-refractivity contribution in [3.05, 3.63) is 59.1 Å². The molecule has 0 bridgehead atoms. The molecule has 18 heavy (non-hydrogen) atoms. The molecular formula is C15H11ClN2. The van der Waals surface area contributed by atoms with Crippen LogP contribution in [-0.4, -0.2) is 10.2 Å². The summed E-state index contributed by atoms with van der Waals surface area (Å²) >= 11 is 6.43. The molecule has 2 aromatic carbocycles. The average Bonchev–Trinajstić information content (AvgIpc) is 2.40.